The summed E-state index contributed by atoms with van der Waals surface area (Å²) in [4.78, 5) is 2.18. The Morgan fingerprint density at radius 2 is 2.07 bits per heavy atom. The highest BCUT2D eigenvalue weighted by Gasteiger charge is 2.23. The molecule has 2 heteroatoms. The molecule has 0 N–H and O–H groups in total. The Balaban J connectivity index is 2.53. The minimum absolute atomic E-state index is 0.0269. The van der Waals surface area contributed by atoms with Gasteiger partial charge in [-0.15, -0.1) is 0 Å². The Morgan fingerprint density at radius 1 is 1.33 bits per heavy atom. The quantitative estimate of drug-likeness (QED) is 0.683. The Kier molecular flexibility index (Phi) is 2.68. The van der Waals surface area contributed by atoms with Crippen LogP contribution < -0.4 is 4.90 Å². The summed E-state index contributed by atoms with van der Waals surface area (Å²) in [6.07, 6.45) is 2.14. The van der Waals surface area contributed by atoms with Crippen molar-refractivity contribution in [1.29, 1.82) is 0 Å². The maximum Gasteiger partial charge on any atom is 0.149 e. The van der Waals surface area contributed by atoms with Crippen LogP contribution in [-0.2, 0) is 6.42 Å². The highest BCUT2D eigenvalue weighted by Crippen LogP contribution is 2.32. The van der Waals surface area contributed by atoms with Gasteiger partial charge in [-0.2, -0.15) is 0 Å². The van der Waals surface area contributed by atoms with Crippen molar-refractivity contribution in [2.75, 3.05) is 11.4 Å². The highest BCUT2D eigenvalue weighted by molar-refractivity contribution is 5.59. The van der Waals surface area contributed by atoms with Gasteiger partial charge in [-0.3, -0.25) is 0 Å². The van der Waals surface area contributed by atoms with Gasteiger partial charge in [0.25, 0.3) is 0 Å². The number of nitrogens with zero attached hydrogens (tertiary/aromatic N) is 1. The monoisotopic (exact) mass is 207 g/mol. The summed E-state index contributed by atoms with van der Waals surface area (Å²) in [5, 5.41) is 0. The number of halogens is 1. The lowest BCUT2D eigenvalue weighted by Crippen LogP contribution is -2.36. The molecular weight excluding hydrogens is 189 g/mol. The number of benzene rings is 1. The van der Waals surface area contributed by atoms with Crippen molar-refractivity contribution in [2.24, 2.45) is 0 Å². The fraction of sp³-hybridized carbons (Fsp3) is 0.538. The Labute approximate surface area is 90.9 Å². The van der Waals surface area contributed by atoms with E-state index in [0.717, 1.165) is 36.2 Å². The van der Waals surface area contributed by atoms with E-state index >= 15 is 0 Å². The highest BCUT2D eigenvalue weighted by atomic mass is 19.1. The van der Waals surface area contributed by atoms with Gasteiger partial charge >= 0.3 is 0 Å². The molecule has 0 bridgehead atoms. The molecule has 0 aliphatic carbocycles. The summed E-state index contributed by atoms with van der Waals surface area (Å²) in [7, 11) is 0. The van der Waals surface area contributed by atoms with E-state index in [0.29, 0.717) is 6.04 Å². The van der Waals surface area contributed by atoms with E-state index in [1.165, 1.54) is 0 Å². The maximum absolute atomic E-state index is 14.1. The molecule has 0 fully saturated rings. The Bertz CT molecular complexity index is 371. The van der Waals surface area contributed by atoms with Gasteiger partial charge in [0.1, 0.15) is 5.82 Å². The maximum atomic E-state index is 14.1. The number of rotatable bonds is 1. The van der Waals surface area contributed by atoms with Gasteiger partial charge in [-0.25, -0.2) is 4.39 Å². The van der Waals surface area contributed by atoms with E-state index in [1.807, 2.05) is 13.0 Å². The fourth-order valence-electron chi connectivity index (χ4n) is 2.29. The number of hydrogen-bond acceptors (Lipinski definition) is 1. The molecule has 0 saturated carbocycles. The number of hydrogen-bond donors (Lipinski definition) is 0. The summed E-state index contributed by atoms with van der Waals surface area (Å²) >= 11 is 0. The first-order chi connectivity index (χ1) is 7.11. The van der Waals surface area contributed by atoms with Crippen LogP contribution in [0, 0.1) is 12.7 Å². The van der Waals surface area contributed by atoms with Crippen molar-refractivity contribution >= 4 is 5.69 Å². The van der Waals surface area contributed by atoms with Crippen LogP contribution in [0.2, 0.25) is 0 Å². The first-order valence-electron chi connectivity index (χ1n) is 5.66. The molecule has 82 valence electrons. The third-order valence-corrected chi connectivity index (χ3v) is 3.15. The van der Waals surface area contributed by atoms with Crippen molar-refractivity contribution in [3.05, 3.63) is 29.1 Å². The van der Waals surface area contributed by atoms with Gasteiger partial charge in [0, 0.05) is 12.6 Å². The molecule has 0 atom stereocenters. The molecule has 0 amide bonds. The van der Waals surface area contributed by atoms with Crippen molar-refractivity contribution < 1.29 is 4.39 Å². The topological polar surface area (TPSA) is 3.24 Å². The molecule has 0 saturated heterocycles. The van der Waals surface area contributed by atoms with E-state index < -0.39 is 0 Å². The largest absolute Gasteiger partial charge is 0.367 e. The van der Waals surface area contributed by atoms with Crippen molar-refractivity contribution in [1.82, 2.24) is 0 Å². The van der Waals surface area contributed by atoms with E-state index in [2.05, 4.69) is 24.8 Å². The van der Waals surface area contributed by atoms with Crippen molar-refractivity contribution in [2.45, 2.75) is 39.7 Å². The van der Waals surface area contributed by atoms with E-state index in [4.69, 9.17) is 0 Å². The van der Waals surface area contributed by atoms with Crippen LogP contribution in [0.5, 0.6) is 0 Å². The van der Waals surface area contributed by atoms with Crippen LogP contribution in [0.4, 0.5) is 10.1 Å². The average Bonchev–Trinajstić information content (AvgIpc) is 2.23. The summed E-state index contributed by atoms with van der Waals surface area (Å²) in [5.74, 6) is -0.0269. The van der Waals surface area contributed by atoms with Gasteiger partial charge in [0.15, 0.2) is 0 Å². The molecule has 1 aromatic rings. The molecule has 1 nitrogen and oxygen atoms in total. The zero-order valence-electron chi connectivity index (χ0n) is 9.68. The third kappa shape index (κ3) is 1.73. The second-order valence-electron chi connectivity index (χ2n) is 4.59. The molecule has 2 rings (SSSR count). The molecule has 1 aliphatic rings. The normalized spacial score (nSPS) is 15.7. The predicted molar refractivity (Wildman–Crippen MR) is 61.9 cm³/mol. The van der Waals surface area contributed by atoms with Crippen LogP contribution in [0.3, 0.4) is 0 Å². The molecule has 0 radical (unpaired) electrons. The molecule has 15 heavy (non-hydrogen) atoms. The van der Waals surface area contributed by atoms with Crippen LogP contribution in [0.1, 0.15) is 31.4 Å². The van der Waals surface area contributed by atoms with Gasteiger partial charge in [0.05, 0.1) is 5.69 Å². The van der Waals surface area contributed by atoms with E-state index in [9.17, 15) is 4.39 Å². The Hall–Kier alpha value is -1.05. The van der Waals surface area contributed by atoms with E-state index in [-0.39, 0.29) is 5.82 Å². The van der Waals surface area contributed by atoms with Crippen LogP contribution in [0.25, 0.3) is 0 Å². The molecule has 1 aliphatic heterocycles. The summed E-state index contributed by atoms with van der Waals surface area (Å²) in [5.41, 5.74) is 2.76. The summed E-state index contributed by atoms with van der Waals surface area (Å²) in [6, 6.07) is 4.33. The van der Waals surface area contributed by atoms with Crippen LogP contribution in [0.15, 0.2) is 12.1 Å². The second kappa shape index (κ2) is 3.84. The first-order valence-corrected chi connectivity index (χ1v) is 5.66. The van der Waals surface area contributed by atoms with Gasteiger partial charge in [0.2, 0.25) is 0 Å². The van der Waals surface area contributed by atoms with Crippen LogP contribution >= 0.6 is 0 Å². The molecular formula is C13H18FN. The van der Waals surface area contributed by atoms with E-state index in [1.54, 1.807) is 0 Å². The molecule has 0 aromatic heterocycles. The lowest BCUT2D eigenvalue weighted by Gasteiger charge is -2.35. The number of aryl methyl sites for hydroxylation is 2. The minimum atomic E-state index is -0.0269. The third-order valence-electron chi connectivity index (χ3n) is 3.15. The van der Waals surface area contributed by atoms with Gasteiger partial charge in [-0.05, 0) is 44.7 Å². The molecule has 1 heterocycles. The lowest BCUT2D eigenvalue weighted by atomic mass is 9.98. The smallest absolute Gasteiger partial charge is 0.149 e. The number of fused-ring (bicyclic) bond motifs is 1. The zero-order valence-corrected chi connectivity index (χ0v) is 9.68. The second-order valence-corrected chi connectivity index (χ2v) is 4.59. The predicted octanol–water partition coefficient (Wildman–Crippen LogP) is 3.30. The average molecular weight is 207 g/mol. The van der Waals surface area contributed by atoms with Crippen molar-refractivity contribution in [3.63, 3.8) is 0 Å². The van der Waals surface area contributed by atoms with Gasteiger partial charge in [-0.1, -0.05) is 12.1 Å². The molecule has 1 aromatic carbocycles. The molecule has 0 spiro atoms. The van der Waals surface area contributed by atoms with Crippen molar-refractivity contribution in [3.8, 4) is 0 Å². The number of anilines is 1. The fourth-order valence-corrected chi connectivity index (χ4v) is 2.29. The van der Waals surface area contributed by atoms with Gasteiger partial charge < -0.3 is 4.90 Å². The summed E-state index contributed by atoms with van der Waals surface area (Å²) < 4.78 is 14.1. The first kappa shape index (κ1) is 10.5. The minimum Gasteiger partial charge on any atom is -0.367 e. The standard InChI is InChI=1S/C13H18FN/c1-9(2)15-8-4-5-11-7-6-10(3)12(14)13(11)15/h6-7,9H,4-5,8H2,1-3H3. The SMILES string of the molecule is Cc1ccc2c(c1F)N(C(C)C)CCC2. The summed E-state index contributed by atoms with van der Waals surface area (Å²) in [6.45, 7) is 7.06. The zero-order chi connectivity index (χ0) is 11.0. The molecule has 0 unspecified atom stereocenters. The Morgan fingerprint density at radius 3 is 2.73 bits per heavy atom. The van der Waals surface area contributed by atoms with Crippen LogP contribution in [-0.4, -0.2) is 12.6 Å². The lowest BCUT2D eigenvalue weighted by molar-refractivity contribution is 0.566.